The number of hydrogen-bond donors (Lipinski definition) is 1. The molecule has 0 saturated heterocycles. The van der Waals surface area contributed by atoms with Crippen LogP contribution in [0.3, 0.4) is 0 Å². The van der Waals surface area contributed by atoms with E-state index in [2.05, 4.69) is 5.32 Å². The van der Waals surface area contributed by atoms with Crippen LogP contribution in [0.1, 0.15) is 31.2 Å². The first-order chi connectivity index (χ1) is 9.36. The molecule has 1 aliphatic carbocycles. The average Bonchev–Trinajstić information content (AvgIpc) is 2.85. The van der Waals surface area contributed by atoms with Crippen LogP contribution in [0.5, 0.6) is 0 Å². The molecule has 0 unspecified atom stereocenters. The van der Waals surface area contributed by atoms with Crippen molar-refractivity contribution < 1.29 is 17.6 Å². The van der Waals surface area contributed by atoms with Crippen LogP contribution < -0.4 is 5.32 Å². The van der Waals surface area contributed by atoms with Gasteiger partial charge in [-0.3, -0.25) is 0 Å². The molecule has 1 fully saturated rings. The second kappa shape index (κ2) is 5.80. The highest BCUT2D eigenvalue weighted by molar-refractivity contribution is 6.18. The molecule has 0 atom stereocenters. The normalized spacial score (nSPS) is 18.2. The maximum Gasteiger partial charge on any atom is 0.416 e. The summed E-state index contributed by atoms with van der Waals surface area (Å²) >= 11 is 5.97. The van der Waals surface area contributed by atoms with Gasteiger partial charge < -0.3 is 5.32 Å². The zero-order chi connectivity index (χ0) is 14.8. The predicted octanol–water partition coefficient (Wildman–Crippen LogP) is 5.06. The third-order valence-corrected chi connectivity index (χ3v) is 4.46. The van der Waals surface area contributed by atoms with Crippen LogP contribution in [0.2, 0.25) is 0 Å². The molecule has 20 heavy (non-hydrogen) atoms. The Morgan fingerprint density at radius 2 is 1.85 bits per heavy atom. The van der Waals surface area contributed by atoms with Crippen LogP contribution in [0, 0.1) is 11.2 Å². The summed E-state index contributed by atoms with van der Waals surface area (Å²) < 4.78 is 51.0. The predicted molar refractivity (Wildman–Crippen MR) is 71.5 cm³/mol. The molecule has 0 amide bonds. The van der Waals surface area contributed by atoms with E-state index in [1.807, 2.05) is 0 Å². The maximum atomic E-state index is 13.7. The molecular formula is C14H16ClF4N. The molecular weight excluding hydrogens is 294 g/mol. The molecule has 0 radical (unpaired) electrons. The van der Waals surface area contributed by atoms with Gasteiger partial charge in [-0.15, -0.1) is 11.6 Å². The fourth-order valence-electron chi connectivity index (χ4n) is 2.60. The van der Waals surface area contributed by atoms with Crippen molar-refractivity contribution in [3.05, 3.63) is 29.6 Å². The van der Waals surface area contributed by atoms with E-state index < -0.39 is 17.6 Å². The Bertz CT molecular complexity index is 467. The number of hydrogen-bond acceptors (Lipinski definition) is 1. The Labute approximate surface area is 120 Å². The summed E-state index contributed by atoms with van der Waals surface area (Å²) in [6.07, 6.45) is -0.423. The van der Waals surface area contributed by atoms with Gasteiger partial charge in [0, 0.05) is 17.8 Å². The lowest BCUT2D eigenvalue weighted by atomic mass is 9.88. The Balaban J connectivity index is 2.07. The lowest BCUT2D eigenvalue weighted by Gasteiger charge is -2.27. The minimum Gasteiger partial charge on any atom is -0.382 e. The maximum absolute atomic E-state index is 13.7. The first kappa shape index (κ1) is 15.4. The third-order valence-electron chi connectivity index (χ3n) is 3.90. The van der Waals surface area contributed by atoms with Gasteiger partial charge >= 0.3 is 6.18 Å². The van der Waals surface area contributed by atoms with Gasteiger partial charge in [-0.25, -0.2) is 4.39 Å². The van der Waals surface area contributed by atoms with E-state index in [1.54, 1.807) is 0 Å². The molecule has 0 aliphatic heterocycles. The molecule has 2 rings (SSSR count). The smallest absolute Gasteiger partial charge is 0.382 e. The fourth-order valence-corrected chi connectivity index (χ4v) is 2.96. The van der Waals surface area contributed by atoms with E-state index in [9.17, 15) is 17.6 Å². The van der Waals surface area contributed by atoms with E-state index >= 15 is 0 Å². The number of nitrogens with one attached hydrogen (secondary N) is 1. The van der Waals surface area contributed by atoms with Crippen molar-refractivity contribution in [2.75, 3.05) is 17.7 Å². The third kappa shape index (κ3) is 3.37. The van der Waals surface area contributed by atoms with E-state index in [1.165, 1.54) is 0 Å². The Hall–Kier alpha value is -0.970. The highest BCUT2D eigenvalue weighted by atomic mass is 35.5. The summed E-state index contributed by atoms with van der Waals surface area (Å²) in [5, 5.41) is 2.90. The Morgan fingerprint density at radius 3 is 2.35 bits per heavy atom. The summed E-state index contributed by atoms with van der Waals surface area (Å²) in [5.41, 5.74) is -0.959. The van der Waals surface area contributed by atoms with Crippen molar-refractivity contribution >= 4 is 17.3 Å². The van der Waals surface area contributed by atoms with Crippen molar-refractivity contribution in [3.63, 3.8) is 0 Å². The van der Waals surface area contributed by atoms with E-state index in [4.69, 9.17) is 11.6 Å². The Morgan fingerprint density at radius 1 is 1.20 bits per heavy atom. The SMILES string of the molecule is Fc1cc(C(F)(F)F)ccc1NCC1(CCl)CCCC1. The Kier molecular flexibility index (Phi) is 4.47. The first-order valence-electron chi connectivity index (χ1n) is 6.53. The first-order valence-corrected chi connectivity index (χ1v) is 7.06. The van der Waals surface area contributed by atoms with Crippen LogP contribution in [0.4, 0.5) is 23.2 Å². The van der Waals surface area contributed by atoms with Crippen molar-refractivity contribution in [1.29, 1.82) is 0 Å². The molecule has 1 aliphatic rings. The van der Waals surface area contributed by atoms with Gasteiger partial charge in [-0.05, 0) is 31.0 Å². The topological polar surface area (TPSA) is 12.0 Å². The quantitative estimate of drug-likeness (QED) is 0.606. The molecule has 0 bridgehead atoms. The highest BCUT2D eigenvalue weighted by Gasteiger charge is 2.34. The van der Waals surface area contributed by atoms with Crippen LogP contribution in [-0.2, 0) is 6.18 Å². The second-order valence-electron chi connectivity index (χ2n) is 5.39. The van der Waals surface area contributed by atoms with Crippen molar-refractivity contribution in [1.82, 2.24) is 0 Å². The molecule has 0 heterocycles. The summed E-state index contributed by atoms with van der Waals surface area (Å²) in [7, 11) is 0. The van der Waals surface area contributed by atoms with Crippen LogP contribution in [0.25, 0.3) is 0 Å². The number of rotatable bonds is 4. The minimum absolute atomic E-state index is 0.0727. The van der Waals surface area contributed by atoms with Gasteiger partial charge in [0.15, 0.2) is 0 Å². The summed E-state index contributed by atoms with van der Waals surface area (Å²) in [4.78, 5) is 0. The molecule has 0 spiro atoms. The van der Waals surface area contributed by atoms with E-state index in [0.717, 1.165) is 37.8 Å². The van der Waals surface area contributed by atoms with Gasteiger partial charge in [0.1, 0.15) is 5.82 Å². The van der Waals surface area contributed by atoms with Gasteiger partial charge in [0.2, 0.25) is 0 Å². The largest absolute Gasteiger partial charge is 0.416 e. The summed E-state index contributed by atoms with van der Waals surface area (Å²) in [6.45, 7) is 0.485. The molecule has 1 N–H and O–H groups in total. The minimum atomic E-state index is -4.53. The zero-order valence-electron chi connectivity index (χ0n) is 10.9. The molecule has 1 nitrogen and oxygen atoms in total. The van der Waals surface area contributed by atoms with E-state index in [0.29, 0.717) is 18.5 Å². The van der Waals surface area contributed by atoms with Gasteiger partial charge in [0.25, 0.3) is 0 Å². The van der Waals surface area contributed by atoms with Gasteiger partial charge in [-0.1, -0.05) is 12.8 Å². The van der Waals surface area contributed by atoms with Crippen molar-refractivity contribution in [2.45, 2.75) is 31.9 Å². The molecule has 1 saturated carbocycles. The molecule has 6 heteroatoms. The van der Waals surface area contributed by atoms with Crippen LogP contribution >= 0.6 is 11.6 Å². The van der Waals surface area contributed by atoms with Crippen molar-refractivity contribution in [2.24, 2.45) is 5.41 Å². The monoisotopic (exact) mass is 309 g/mol. The highest BCUT2D eigenvalue weighted by Crippen LogP contribution is 2.39. The average molecular weight is 310 g/mol. The lowest BCUT2D eigenvalue weighted by molar-refractivity contribution is -0.137. The summed E-state index contributed by atoms with van der Waals surface area (Å²) in [6, 6.07) is 2.53. The number of alkyl halides is 4. The second-order valence-corrected chi connectivity index (χ2v) is 5.65. The van der Waals surface area contributed by atoms with Crippen LogP contribution in [0.15, 0.2) is 18.2 Å². The summed E-state index contributed by atoms with van der Waals surface area (Å²) in [5.74, 6) is -0.412. The molecule has 1 aromatic carbocycles. The van der Waals surface area contributed by atoms with E-state index in [-0.39, 0.29) is 11.1 Å². The zero-order valence-corrected chi connectivity index (χ0v) is 11.6. The number of benzene rings is 1. The molecule has 112 valence electrons. The number of halogens is 5. The van der Waals surface area contributed by atoms with Crippen LogP contribution in [-0.4, -0.2) is 12.4 Å². The number of anilines is 1. The van der Waals surface area contributed by atoms with Crippen molar-refractivity contribution in [3.8, 4) is 0 Å². The van der Waals surface area contributed by atoms with Gasteiger partial charge in [-0.2, -0.15) is 13.2 Å². The lowest BCUT2D eigenvalue weighted by Crippen LogP contribution is -2.28. The molecule has 1 aromatic rings. The van der Waals surface area contributed by atoms with Gasteiger partial charge in [0.05, 0.1) is 11.3 Å². The standard InChI is InChI=1S/C14H16ClF4N/c15-8-13(5-1-2-6-13)9-20-12-4-3-10(7-11(12)16)14(17,18)19/h3-4,7,20H,1-2,5-6,8-9H2. The molecule has 0 aromatic heterocycles. The fraction of sp³-hybridized carbons (Fsp3) is 0.571.